The van der Waals surface area contributed by atoms with Crippen LogP contribution in [0.15, 0.2) is 36.4 Å². The summed E-state index contributed by atoms with van der Waals surface area (Å²) >= 11 is 0. The van der Waals surface area contributed by atoms with E-state index in [0.717, 1.165) is 0 Å². The van der Waals surface area contributed by atoms with Gasteiger partial charge in [0.25, 0.3) is 0 Å². The summed E-state index contributed by atoms with van der Waals surface area (Å²) in [6, 6.07) is 8.66. The molecule has 4 N–H and O–H groups in total. The molecule has 4 unspecified atom stereocenters. The second kappa shape index (κ2) is 7.95. The van der Waals surface area contributed by atoms with Crippen LogP contribution >= 0.6 is 0 Å². The van der Waals surface area contributed by atoms with E-state index >= 15 is 0 Å². The third-order valence-electron chi connectivity index (χ3n) is 4.99. The van der Waals surface area contributed by atoms with Gasteiger partial charge < -0.3 is 34.6 Å². The van der Waals surface area contributed by atoms with Gasteiger partial charge in [0.2, 0.25) is 0 Å². The molecule has 2 aromatic rings. The van der Waals surface area contributed by atoms with Crippen molar-refractivity contribution >= 4 is 5.97 Å². The quantitative estimate of drug-likeness (QED) is 0.434. The summed E-state index contributed by atoms with van der Waals surface area (Å²) in [4.78, 5) is 12.3. The van der Waals surface area contributed by atoms with Gasteiger partial charge in [-0.2, -0.15) is 0 Å². The number of carbonyl (C=O) groups excluding carboxylic acids is 1. The summed E-state index contributed by atoms with van der Waals surface area (Å²) < 4.78 is 15.5. The average molecular weight is 390 g/mol. The van der Waals surface area contributed by atoms with Gasteiger partial charge in [-0.25, -0.2) is 0 Å². The van der Waals surface area contributed by atoms with E-state index in [0.29, 0.717) is 17.1 Å². The molecule has 0 bridgehead atoms. The summed E-state index contributed by atoms with van der Waals surface area (Å²) in [5.41, 5.74) is 0.704. The Bertz CT molecular complexity index is 865. The Morgan fingerprint density at radius 3 is 2.21 bits per heavy atom. The molecule has 0 aliphatic carbocycles. The summed E-state index contributed by atoms with van der Waals surface area (Å²) in [6.45, 7) is -0.0693. The molecule has 2 aromatic carbocycles. The third-order valence-corrected chi connectivity index (χ3v) is 4.99. The number of methoxy groups -OCH3 is 2. The van der Waals surface area contributed by atoms with E-state index in [1.807, 2.05) is 0 Å². The number of aromatic hydroxyl groups is 2. The minimum atomic E-state index is -1.33. The van der Waals surface area contributed by atoms with Crippen LogP contribution in [0.5, 0.6) is 23.0 Å². The Morgan fingerprint density at radius 1 is 0.929 bits per heavy atom. The highest BCUT2D eigenvalue weighted by Gasteiger charge is 2.46. The second-order valence-corrected chi connectivity index (χ2v) is 6.57. The van der Waals surface area contributed by atoms with Crippen molar-refractivity contribution in [3.8, 4) is 23.0 Å². The van der Waals surface area contributed by atoms with Gasteiger partial charge in [0, 0.05) is 5.92 Å². The Balaban J connectivity index is 1.90. The fourth-order valence-electron chi connectivity index (χ4n) is 3.42. The number of hydrogen-bond acceptors (Lipinski definition) is 8. The first-order valence-corrected chi connectivity index (χ1v) is 8.64. The van der Waals surface area contributed by atoms with Crippen LogP contribution in [-0.2, 0) is 9.53 Å². The Labute approximate surface area is 161 Å². The molecule has 3 rings (SSSR count). The number of aliphatic hydroxyl groups is 2. The summed E-state index contributed by atoms with van der Waals surface area (Å²) in [5, 5.41) is 40.7. The Kier molecular flexibility index (Phi) is 5.62. The number of cyclic esters (lactones) is 1. The predicted molar refractivity (Wildman–Crippen MR) is 97.2 cm³/mol. The second-order valence-electron chi connectivity index (χ2n) is 6.57. The highest BCUT2D eigenvalue weighted by molar-refractivity contribution is 5.76. The normalized spacial score (nSPS) is 21.1. The van der Waals surface area contributed by atoms with E-state index in [9.17, 15) is 25.2 Å². The van der Waals surface area contributed by atoms with Crippen molar-refractivity contribution in [2.75, 3.05) is 20.8 Å². The van der Waals surface area contributed by atoms with Crippen LogP contribution in [0.4, 0.5) is 0 Å². The molecule has 1 aliphatic rings. The van der Waals surface area contributed by atoms with Crippen molar-refractivity contribution in [2.24, 2.45) is 11.8 Å². The predicted octanol–water partition coefficient (Wildman–Crippen LogP) is 1.67. The number of esters is 1. The lowest BCUT2D eigenvalue weighted by Gasteiger charge is -2.26. The molecular weight excluding hydrogens is 368 g/mol. The molecule has 0 spiro atoms. The lowest BCUT2D eigenvalue weighted by Crippen LogP contribution is -2.28. The SMILES string of the molecule is COc1ccc(C(O)C2COC(=O)C2C(O)c2ccc(O)c(O)c2)cc1OC. The van der Waals surface area contributed by atoms with E-state index in [-0.39, 0.29) is 17.9 Å². The van der Waals surface area contributed by atoms with Crippen LogP contribution in [0, 0.1) is 11.8 Å². The lowest BCUT2D eigenvalue weighted by molar-refractivity contribution is -0.144. The standard InChI is InChI=1S/C20H22O8/c1-26-15-6-4-11(8-16(15)27-2)18(23)12-9-28-20(25)17(12)19(24)10-3-5-13(21)14(22)7-10/h3-8,12,17-19,21-24H,9H2,1-2H3. The van der Waals surface area contributed by atoms with Crippen molar-refractivity contribution in [3.05, 3.63) is 47.5 Å². The number of rotatable bonds is 6. The number of aliphatic hydroxyl groups excluding tert-OH is 2. The van der Waals surface area contributed by atoms with E-state index in [2.05, 4.69) is 0 Å². The van der Waals surface area contributed by atoms with Crippen molar-refractivity contribution in [3.63, 3.8) is 0 Å². The van der Waals surface area contributed by atoms with Gasteiger partial charge in [0.1, 0.15) is 0 Å². The van der Waals surface area contributed by atoms with Gasteiger partial charge in [0.05, 0.1) is 39.0 Å². The van der Waals surface area contributed by atoms with Crippen LogP contribution in [-0.4, -0.2) is 47.2 Å². The van der Waals surface area contributed by atoms with Gasteiger partial charge in [0.15, 0.2) is 23.0 Å². The van der Waals surface area contributed by atoms with Crippen LogP contribution < -0.4 is 9.47 Å². The molecule has 0 aromatic heterocycles. The number of hydrogen-bond donors (Lipinski definition) is 4. The largest absolute Gasteiger partial charge is 0.504 e. The third kappa shape index (κ3) is 3.56. The Hall–Kier alpha value is -2.97. The number of carbonyl (C=O) groups is 1. The Morgan fingerprint density at radius 2 is 1.57 bits per heavy atom. The van der Waals surface area contributed by atoms with Crippen molar-refractivity contribution in [1.29, 1.82) is 0 Å². The van der Waals surface area contributed by atoms with E-state index in [1.54, 1.807) is 18.2 Å². The molecule has 0 radical (unpaired) electrons. The van der Waals surface area contributed by atoms with E-state index < -0.39 is 35.8 Å². The summed E-state index contributed by atoms with van der Waals surface area (Å²) in [5.74, 6) is -2.27. The van der Waals surface area contributed by atoms with Crippen LogP contribution in [0.25, 0.3) is 0 Å². The van der Waals surface area contributed by atoms with E-state index in [4.69, 9.17) is 14.2 Å². The molecule has 1 fully saturated rings. The number of ether oxygens (including phenoxy) is 3. The average Bonchev–Trinajstić information content (AvgIpc) is 3.09. The molecule has 150 valence electrons. The highest BCUT2D eigenvalue weighted by atomic mass is 16.5. The summed E-state index contributed by atoms with van der Waals surface area (Å²) in [6.07, 6.45) is -2.45. The maximum Gasteiger partial charge on any atom is 0.312 e. The van der Waals surface area contributed by atoms with Gasteiger partial charge in [-0.15, -0.1) is 0 Å². The first kappa shape index (κ1) is 19.8. The van der Waals surface area contributed by atoms with Crippen LogP contribution in [0.1, 0.15) is 23.3 Å². The minimum Gasteiger partial charge on any atom is -0.504 e. The molecule has 4 atom stereocenters. The fourth-order valence-corrected chi connectivity index (χ4v) is 3.42. The van der Waals surface area contributed by atoms with Gasteiger partial charge in [-0.1, -0.05) is 12.1 Å². The molecule has 0 saturated carbocycles. The molecular formula is C20H22O8. The number of phenolic OH excluding ortho intramolecular Hbond substituents is 2. The highest BCUT2D eigenvalue weighted by Crippen LogP contribution is 2.43. The minimum absolute atomic E-state index is 0.0693. The van der Waals surface area contributed by atoms with Gasteiger partial charge >= 0.3 is 5.97 Å². The van der Waals surface area contributed by atoms with Gasteiger partial charge in [-0.05, 0) is 35.4 Å². The van der Waals surface area contributed by atoms with Crippen molar-refractivity contribution in [2.45, 2.75) is 12.2 Å². The maximum atomic E-state index is 12.3. The fraction of sp³-hybridized carbons (Fsp3) is 0.350. The zero-order valence-corrected chi connectivity index (χ0v) is 15.4. The van der Waals surface area contributed by atoms with Crippen molar-refractivity contribution in [1.82, 2.24) is 0 Å². The number of phenols is 2. The molecule has 8 heteroatoms. The molecule has 28 heavy (non-hydrogen) atoms. The van der Waals surface area contributed by atoms with E-state index in [1.165, 1.54) is 32.4 Å². The molecule has 8 nitrogen and oxygen atoms in total. The number of benzene rings is 2. The monoisotopic (exact) mass is 390 g/mol. The van der Waals surface area contributed by atoms with Crippen LogP contribution in [0.2, 0.25) is 0 Å². The first-order valence-electron chi connectivity index (χ1n) is 8.64. The topological polar surface area (TPSA) is 126 Å². The molecule has 1 heterocycles. The first-order chi connectivity index (χ1) is 13.4. The van der Waals surface area contributed by atoms with Crippen molar-refractivity contribution < 1.29 is 39.4 Å². The summed E-state index contributed by atoms with van der Waals surface area (Å²) in [7, 11) is 2.97. The maximum absolute atomic E-state index is 12.3. The zero-order chi connectivity index (χ0) is 20.4. The van der Waals surface area contributed by atoms with Crippen LogP contribution in [0.3, 0.4) is 0 Å². The smallest absolute Gasteiger partial charge is 0.312 e. The lowest BCUT2D eigenvalue weighted by atomic mass is 9.81. The molecule has 0 amide bonds. The molecule has 1 aliphatic heterocycles. The van der Waals surface area contributed by atoms with Gasteiger partial charge in [-0.3, -0.25) is 4.79 Å². The molecule has 1 saturated heterocycles. The zero-order valence-electron chi connectivity index (χ0n) is 15.4.